The maximum atomic E-state index is 12.1. The van der Waals surface area contributed by atoms with Crippen LogP contribution < -0.4 is 10.1 Å². The smallest absolute Gasteiger partial charge is 0.262 e. The number of benzene rings is 2. The van der Waals surface area contributed by atoms with Gasteiger partial charge in [0.1, 0.15) is 5.75 Å². The fourth-order valence-corrected chi connectivity index (χ4v) is 2.52. The van der Waals surface area contributed by atoms with Crippen molar-refractivity contribution in [3.8, 4) is 5.75 Å². The topological polar surface area (TPSA) is 38.3 Å². The fraction of sp³-hybridized carbons (Fsp3) is 0.278. The molecule has 2 rings (SSSR count). The lowest BCUT2D eigenvalue weighted by Gasteiger charge is -2.14. The molecule has 0 heterocycles. The van der Waals surface area contributed by atoms with Crippen LogP contribution in [-0.2, 0) is 17.6 Å². The first-order valence-electron chi connectivity index (χ1n) is 7.43. The molecule has 0 saturated carbocycles. The Labute approximate surface area is 139 Å². The van der Waals surface area contributed by atoms with Gasteiger partial charge in [0.2, 0.25) is 0 Å². The first kappa shape index (κ1) is 16.6. The van der Waals surface area contributed by atoms with E-state index in [0.29, 0.717) is 5.75 Å². The minimum Gasteiger partial charge on any atom is -0.484 e. The molecule has 0 unspecified atom stereocenters. The molecule has 116 valence electrons. The van der Waals surface area contributed by atoms with Gasteiger partial charge in [-0.05, 0) is 48.2 Å². The Bertz CT molecular complexity index is 616. The van der Waals surface area contributed by atoms with Crippen molar-refractivity contribution in [2.75, 3.05) is 11.9 Å². The molecule has 4 heteroatoms. The van der Waals surface area contributed by atoms with E-state index in [4.69, 9.17) is 4.74 Å². The third kappa shape index (κ3) is 4.34. The zero-order valence-corrected chi connectivity index (χ0v) is 14.4. The number of rotatable bonds is 6. The van der Waals surface area contributed by atoms with E-state index in [0.717, 1.165) is 34.1 Å². The Morgan fingerprint density at radius 3 is 2.18 bits per heavy atom. The molecule has 3 nitrogen and oxygen atoms in total. The van der Waals surface area contributed by atoms with Gasteiger partial charge in [-0.3, -0.25) is 4.79 Å². The SMILES string of the molecule is CCc1cccc(CC)c1NC(=O)COc1ccc(Br)cc1. The van der Waals surface area contributed by atoms with Crippen LogP contribution in [0.3, 0.4) is 0 Å². The van der Waals surface area contributed by atoms with Crippen LogP contribution in [-0.4, -0.2) is 12.5 Å². The van der Waals surface area contributed by atoms with Crippen LogP contribution >= 0.6 is 15.9 Å². The van der Waals surface area contributed by atoms with Crippen molar-refractivity contribution in [2.24, 2.45) is 0 Å². The van der Waals surface area contributed by atoms with Crippen molar-refractivity contribution < 1.29 is 9.53 Å². The van der Waals surface area contributed by atoms with E-state index >= 15 is 0 Å². The molecule has 0 aliphatic carbocycles. The van der Waals surface area contributed by atoms with E-state index in [9.17, 15) is 4.79 Å². The van der Waals surface area contributed by atoms with E-state index in [2.05, 4.69) is 35.1 Å². The second-order valence-corrected chi connectivity index (χ2v) is 5.86. The molecule has 0 aliphatic heterocycles. The van der Waals surface area contributed by atoms with Crippen LogP contribution in [0.2, 0.25) is 0 Å². The third-order valence-electron chi connectivity index (χ3n) is 3.45. The minimum atomic E-state index is -0.140. The summed E-state index contributed by atoms with van der Waals surface area (Å²) in [5, 5.41) is 2.99. The van der Waals surface area contributed by atoms with Gasteiger partial charge < -0.3 is 10.1 Å². The quantitative estimate of drug-likeness (QED) is 0.816. The van der Waals surface area contributed by atoms with E-state index in [1.165, 1.54) is 0 Å². The molecule has 0 saturated heterocycles. The molecule has 1 N–H and O–H groups in total. The molecule has 0 aromatic heterocycles. The number of halogens is 1. The summed E-state index contributed by atoms with van der Waals surface area (Å²) in [6, 6.07) is 13.5. The molecule has 0 aliphatic rings. The van der Waals surface area contributed by atoms with Gasteiger partial charge in [0.25, 0.3) is 5.91 Å². The number of para-hydroxylation sites is 1. The van der Waals surface area contributed by atoms with Gasteiger partial charge >= 0.3 is 0 Å². The molecule has 0 atom stereocenters. The van der Waals surface area contributed by atoms with Gasteiger partial charge in [-0.15, -0.1) is 0 Å². The van der Waals surface area contributed by atoms with Crippen molar-refractivity contribution in [2.45, 2.75) is 26.7 Å². The Morgan fingerprint density at radius 1 is 1.05 bits per heavy atom. The molecule has 0 bridgehead atoms. The lowest BCUT2D eigenvalue weighted by Crippen LogP contribution is -2.21. The van der Waals surface area contributed by atoms with Crippen molar-refractivity contribution in [3.05, 3.63) is 58.1 Å². The maximum Gasteiger partial charge on any atom is 0.262 e. The minimum absolute atomic E-state index is 0.00281. The number of nitrogens with one attached hydrogen (secondary N) is 1. The summed E-state index contributed by atoms with van der Waals surface area (Å²) in [5.41, 5.74) is 3.23. The summed E-state index contributed by atoms with van der Waals surface area (Å²) in [5.74, 6) is 0.538. The van der Waals surface area contributed by atoms with Gasteiger partial charge in [0.15, 0.2) is 6.61 Å². The number of hydrogen-bond acceptors (Lipinski definition) is 2. The molecule has 0 radical (unpaired) electrons. The van der Waals surface area contributed by atoms with E-state index < -0.39 is 0 Å². The third-order valence-corrected chi connectivity index (χ3v) is 3.98. The second kappa shape index (κ2) is 7.99. The number of amides is 1. The summed E-state index contributed by atoms with van der Waals surface area (Å²) in [4.78, 5) is 12.1. The predicted molar refractivity (Wildman–Crippen MR) is 93.5 cm³/mol. The molecule has 1 amide bonds. The van der Waals surface area contributed by atoms with Crippen molar-refractivity contribution in [1.82, 2.24) is 0 Å². The second-order valence-electron chi connectivity index (χ2n) is 4.95. The van der Waals surface area contributed by atoms with Crippen molar-refractivity contribution >= 4 is 27.5 Å². The maximum absolute atomic E-state index is 12.1. The zero-order chi connectivity index (χ0) is 15.9. The average Bonchev–Trinajstić information content (AvgIpc) is 2.54. The number of carbonyl (C=O) groups excluding carboxylic acids is 1. The van der Waals surface area contributed by atoms with Crippen LogP contribution in [0.4, 0.5) is 5.69 Å². The standard InChI is InChI=1S/C18H20BrNO2/c1-3-13-6-5-7-14(4-2)18(13)20-17(21)12-22-16-10-8-15(19)9-11-16/h5-11H,3-4,12H2,1-2H3,(H,20,21). The summed E-state index contributed by atoms with van der Waals surface area (Å²) in [7, 11) is 0. The van der Waals surface area contributed by atoms with Gasteiger partial charge in [0, 0.05) is 10.2 Å². The van der Waals surface area contributed by atoms with E-state index in [1.807, 2.05) is 42.5 Å². The highest BCUT2D eigenvalue weighted by Crippen LogP contribution is 2.22. The molecular formula is C18H20BrNO2. The molecule has 22 heavy (non-hydrogen) atoms. The van der Waals surface area contributed by atoms with Gasteiger partial charge in [-0.25, -0.2) is 0 Å². The Balaban J connectivity index is 2.01. The lowest BCUT2D eigenvalue weighted by atomic mass is 10.0. The summed E-state index contributed by atoms with van der Waals surface area (Å²) < 4.78 is 6.49. The van der Waals surface area contributed by atoms with Crippen LogP contribution in [0.1, 0.15) is 25.0 Å². The fourth-order valence-electron chi connectivity index (χ4n) is 2.26. The van der Waals surface area contributed by atoms with Crippen LogP contribution in [0, 0.1) is 0 Å². The molecule has 0 fully saturated rings. The average molecular weight is 362 g/mol. The monoisotopic (exact) mass is 361 g/mol. The van der Waals surface area contributed by atoms with E-state index in [-0.39, 0.29) is 12.5 Å². The Kier molecular flexibility index (Phi) is 6.01. The largest absolute Gasteiger partial charge is 0.484 e. The van der Waals surface area contributed by atoms with Crippen LogP contribution in [0.5, 0.6) is 5.75 Å². The lowest BCUT2D eigenvalue weighted by molar-refractivity contribution is -0.118. The summed E-state index contributed by atoms with van der Waals surface area (Å²) in [6.07, 6.45) is 1.77. The number of anilines is 1. The zero-order valence-electron chi connectivity index (χ0n) is 12.9. The van der Waals surface area contributed by atoms with Crippen molar-refractivity contribution in [3.63, 3.8) is 0 Å². The summed E-state index contributed by atoms with van der Waals surface area (Å²) in [6.45, 7) is 4.17. The highest BCUT2D eigenvalue weighted by molar-refractivity contribution is 9.10. The summed E-state index contributed by atoms with van der Waals surface area (Å²) >= 11 is 3.37. The molecule has 0 spiro atoms. The Morgan fingerprint density at radius 2 is 1.64 bits per heavy atom. The molecule has 2 aromatic carbocycles. The van der Waals surface area contributed by atoms with Crippen molar-refractivity contribution in [1.29, 1.82) is 0 Å². The first-order valence-corrected chi connectivity index (χ1v) is 8.22. The van der Waals surface area contributed by atoms with Gasteiger partial charge in [-0.2, -0.15) is 0 Å². The van der Waals surface area contributed by atoms with Crippen LogP contribution in [0.25, 0.3) is 0 Å². The van der Waals surface area contributed by atoms with Gasteiger partial charge in [-0.1, -0.05) is 48.0 Å². The molecule has 2 aromatic rings. The normalized spacial score (nSPS) is 10.3. The van der Waals surface area contributed by atoms with E-state index in [1.54, 1.807) is 0 Å². The predicted octanol–water partition coefficient (Wildman–Crippen LogP) is 4.59. The molecular weight excluding hydrogens is 342 g/mol. The number of carbonyl (C=O) groups is 1. The number of hydrogen-bond donors (Lipinski definition) is 1. The number of aryl methyl sites for hydroxylation is 2. The Hall–Kier alpha value is -1.81. The van der Waals surface area contributed by atoms with Gasteiger partial charge in [0.05, 0.1) is 0 Å². The highest BCUT2D eigenvalue weighted by Gasteiger charge is 2.10. The number of ether oxygens (including phenoxy) is 1. The van der Waals surface area contributed by atoms with Crippen LogP contribution in [0.15, 0.2) is 46.9 Å². The highest BCUT2D eigenvalue weighted by atomic mass is 79.9. The first-order chi connectivity index (χ1) is 10.6.